The average molecular weight is 312 g/mol. The SMILES string of the molecule is NCCCCCCOc1nnc(OCCCCCCN)nn1. The molecule has 0 aliphatic carbocycles. The van der Waals surface area contributed by atoms with Gasteiger partial charge in [-0.05, 0) is 38.8 Å². The lowest BCUT2D eigenvalue weighted by atomic mass is 10.2. The summed E-state index contributed by atoms with van der Waals surface area (Å²) < 4.78 is 10.7. The molecule has 8 nitrogen and oxygen atoms in total. The van der Waals surface area contributed by atoms with Crippen molar-refractivity contribution in [3.63, 3.8) is 0 Å². The molecule has 0 bridgehead atoms. The Hall–Kier alpha value is -1.54. The number of unbranched alkanes of at least 4 members (excludes halogenated alkanes) is 6. The van der Waals surface area contributed by atoms with Crippen LogP contribution in [0.3, 0.4) is 0 Å². The first-order valence-electron chi connectivity index (χ1n) is 8.10. The van der Waals surface area contributed by atoms with E-state index in [1.165, 1.54) is 0 Å². The third-order valence-corrected chi connectivity index (χ3v) is 3.10. The smallest absolute Gasteiger partial charge is 0.355 e. The Kier molecular flexibility index (Phi) is 11.1. The third-order valence-electron chi connectivity index (χ3n) is 3.10. The van der Waals surface area contributed by atoms with E-state index < -0.39 is 0 Å². The first-order valence-corrected chi connectivity index (χ1v) is 8.10. The molecule has 1 aromatic heterocycles. The molecule has 1 aromatic rings. The van der Waals surface area contributed by atoms with Gasteiger partial charge in [-0.25, -0.2) is 0 Å². The van der Waals surface area contributed by atoms with Gasteiger partial charge in [0.05, 0.1) is 13.2 Å². The lowest BCUT2D eigenvalue weighted by Gasteiger charge is -2.04. The maximum absolute atomic E-state index is 5.43. The molecular weight excluding hydrogens is 284 g/mol. The van der Waals surface area contributed by atoms with Crippen LogP contribution in [0.4, 0.5) is 0 Å². The number of aromatic nitrogens is 4. The maximum Gasteiger partial charge on any atom is 0.355 e. The van der Waals surface area contributed by atoms with Crippen LogP contribution >= 0.6 is 0 Å². The van der Waals surface area contributed by atoms with Crippen LogP contribution in [0, 0.1) is 0 Å². The van der Waals surface area contributed by atoms with Crippen molar-refractivity contribution in [3.8, 4) is 12.0 Å². The van der Waals surface area contributed by atoms with Crippen LogP contribution < -0.4 is 20.9 Å². The lowest BCUT2D eigenvalue weighted by molar-refractivity contribution is 0.247. The van der Waals surface area contributed by atoms with Crippen molar-refractivity contribution < 1.29 is 9.47 Å². The molecule has 0 saturated carbocycles. The second-order valence-corrected chi connectivity index (χ2v) is 5.07. The van der Waals surface area contributed by atoms with Gasteiger partial charge in [0, 0.05) is 0 Å². The number of rotatable bonds is 14. The van der Waals surface area contributed by atoms with E-state index in [9.17, 15) is 0 Å². The highest BCUT2D eigenvalue weighted by molar-refractivity contribution is 4.90. The summed E-state index contributed by atoms with van der Waals surface area (Å²) in [6.45, 7) is 2.61. The van der Waals surface area contributed by atoms with Crippen molar-refractivity contribution in [2.75, 3.05) is 26.3 Å². The van der Waals surface area contributed by atoms with E-state index in [2.05, 4.69) is 20.4 Å². The van der Waals surface area contributed by atoms with Gasteiger partial charge in [-0.1, -0.05) is 46.1 Å². The van der Waals surface area contributed by atoms with Crippen molar-refractivity contribution in [3.05, 3.63) is 0 Å². The molecule has 0 unspecified atom stereocenters. The fourth-order valence-corrected chi connectivity index (χ4v) is 1.85. The summed E-state index contributed by atoms with van der Waals surface area (Å²) in [6.07, 6.45) is 8.42. The Morgan fingerprint density at radius 3 is 1.27 bits per heavy atom. The summed E-state index contributed by atoms with van der Waals surface area (Å²) >= 11 is 0. The van der Waals surface area contributed by atoms with Gasteiger partial charge in [0.1, 0.15) is 0 Å². The summed E-state index contributed by atoms with van der Waals surface area (Å²) in [7, 11) is 0. The standard InChI is InChI=1S/C14H28N6O2/c15-9-5-1-3-7-11-21-13-17-19-14(20-18-13)22-12-8-4-2-6-10-16/h1-12,15-16H2. The minimum absolute atomic E-state index is 0.189. The quantitative estimate of drug-likeness (QED) is 0.489. The highest BCUT2D eigenvalue weighted by Gasteiger charge is 2.03. The number of hydrogen-bond acceptors (Lipinski definition) is 8. The second kappa shape index (κ2) is 13.1. The predicted molar refractivity (Wildman–Crippen MR) is 83.7 cm³/mol. The monoisotopic (exact) mass is 312 g/mol. The molecule has 1 rings (SSSR count). The fourth-order valence-electron chi connectivity index (χ4n) is 1.85. The van der Waals surface area contributed by atoms with Gasteiger partial charge in [-0.2, -0.15) is 0 Å². The van der Waals surface area contributed by atoms with E-state index >= 15 is 0 Å². The van der Waals surface area contributed by atoms with Gasteiger partial charge in [-0.15, -0.1) is 0 Å². The Morgan fingerprint density at radius 2 is 0.909 bits per heavy atom. The van der Waals surface area contributed by atoms with Crippen molar-refractivity contribution >= 4 is 0 Å². The van der Waals surface area contributed by atoms with Crippen molar-refractivity contribution in [1.29, 1.82) is 0 Å². The molecule has 4 N–H and O–H groups in total. The molecule has 1 heterocycles. The van der Waals surface area contributed by atoms with Crippen molar-refractivity contribution in [2.24, 2.45) is 11.5 Å². The van der Waals surface area contributed by atoms with E-state index in [0.717, 1.165) is 64.5 Å². The van der Waals surface area contributed by atoms with Gasteiger partial charge in [-0.3, -0.25) is 0 Å². The van der Waals surface area contributed by atoms with Crippen LogP contribution in [0.2, 0.25) is 0 Å². The summed E-state index contributed by atoms with van der Waals surface area (Å²) in [4.78, 5) is 0. The summed E-state index contributed by atoms with van der Waals surface area (Å²) in [5, 5.41) is 15.3. The van der Waals surface area contributed by atoms with Gasteiger partial charge in [0.2, 0.25) is 0 Å². The third kappa shape index (κ3) is 9.41. The Labute approximate surface area is 132 Å². The first-order chi connectivity index (χ1) is 10.9. The lowest BCUT2D eigenvalue weighted by Crippen LogP contribution is -2.07. The van der Waals surface area contributed by atoms with E-state index in [1.54, 1.807) is 0 Å². The fraction of sp³-hybridized carbons (Fsp3) is 0.857. The Balaban J connectivity index is 2.07. The molecule has 0 aliphatic heterocycles. The number of nitrogens with zero attached hydrogens (tertiary/aromatic N) is 4. The molecule has 22 heavy (non-hydrogen) atoms. The normalized spacial score (nSPS) is 10.6. The van der Waals surface area contributed by atoms with Crippen LogP contribution in [0.15, 0.2) is 0 Å². The van der Waals surface area contributed by atoms with Crippen molar-refractivity contribution in [2.45, 2.75) is 51.4 Å². The first kappa shape index (κ1) is 18.5. The highest BCUT2D eigenvalue weighted by atomic mass is 16.5. The second-order valence-electron chi connectivity index (χ2n) is 5.07. The van der Waals surface area contributed by atoms with E-state index in [1.807, 2.05) is 0 Å². The summed E-state index contributed by atoms with van der Waals surface area (Å²) in [6, 6.07) is 0.378. The van der Waals surface area contributed by atoms with Crippen LogP contribution in [0.1, 0.15) is 51.4 Å². The van der Waals surface area contributed by atoms with Crippen LogP contribution in [0.25, 0.3) is 0 Å². The molecule has 0 aromatic carbocycles. The zero-order valence-electron chi connectivity index (χ0n) is 13.2. The molecule has 0 saturated heterocycles. The molecule has 0 fully saturated rings. The molecule has 0 atom stereocenters. The summed E-state index contributed by atoms with van der Waals surface area (Å²) in [5.74, 6) is 0. The van der Waals surface area contributed by atoms with Crippen LogP contribution in [-0.2, 0) is 0 Å². The van der Waals surface area contributed by atoms with Gasteiger partial charge >= 0.3 is 12.0 Å². The van der Waals surface area contributed by atoms with Crippen LogP contribution in [-0.4, -0.2) is 46.7 Å². The minimum atomic E-state index is 0.189. The molecule has 0 spiro atoms. The molecule has 0 radical (unpaired) electrons. The van der Waals surface area contributed by atoms with E-state index in [4.69, 9.17) is 20.9 Å². The zero-order valence-corrected chi connectivity index (χ0v) is 13.2. The van der Waals surface area contributed by atoms with Gasteiger partial charge in [0.25, 0.3) is 0 Å². The average Bonchev–Trinajstić information content (AvgIpc) is 2.55. The van der Waals surface area contributed by atoms with Gasteiger partial charge in [0.15, 0.2) is 0 Å². The molecule has 126 valence electrons. The van der Waals surface area contributed by atoms with Crippen molar-refractivity contribution in [1.82, 2.24) is 20.4 Å². The van der Waals surface area contributed by atoms with Gasteiger partial charge < -0.3 is 20.9 Å². The maximum atomic E-state index is 5.43. The Bertz CT molecular complexity index is 328. The summed E-state index contributed by atoms with van der Waals surface area (Å²) in [5.41, 5.74) is 10.9. The Morgan fingerprint density at radius 1 is 0.545 bits per heavy atom. The van der Waals surface area contributed by atoms with E-state index in [-0.39, 0.29) is 12.0 Å². The number of hydrogen-bond donors (Lipinski definition) is 2. The zero-order chi connectivity index (χ0) is 15.9. The van der Waals surface area contributed by atoms with E-state index in [0.29, 0.717) is 13.2 Å². The number of nitrogens with two attached hydrogens (primary N) is 2. The largest absolute Gasteiger partial charge is 0.461 e. The topological polar surface area (TPSA) is 122 Å². The molecular formula is C14H28N6O2. The van der Waals surface area contributed by atoms with Crippen LogP contribution in [0.5, 0.6) is 12.0 Å². The molecule has 0 aliphatic rings. The highest BCUT2D eigenvalue weighted by Crippen LogP contribution is 2.05. The predicted octanol–water partition coefficient (Wildman–Crippen LogP) is 1.06. The minimum Gasteiger partial charge on any atom is -0.461 e. The molecule has 0 amide bonds. The number of ether oxygens (including phenoxy) is 2. The molecule has 8 heteroatoms.